The van der Waals surface area contributed by atoms with E-state index in [9.17, 15) is 9.59 Å². The molecular weight excluding hydrogens is 262 g/mol. The van der Waals surface area contributed by atoms with Gasteiger partial charge in [0.1, 0.15) is 6.04 Å². The van der Waals surface area contributed by atoms with Crippen molar-refractivity contribution in [1.82, 2.24) is 10.3 Å². The third-order valence-corrected chi connectivity index (χ3v) is 4.02. The van der Waals surface area contributed by atoms with E-state index < -0.39 is 6.04 Å². The molecule has 5 nitrogen and oxygen atoms in total. The van der Waals surface area contributed by atoms with E-state index in [0.29, 0.717) is 18.0 Å². The van der Waals surface area contributed by atoms with Crippen molar-refractivity contribution in [3.8, 4) is 0 Å². The predicted molar refractivity (Wildman–Crippen MR) is 74.2 cm³/mol. The Morgan fingerprint density at radius 3 is 3.11 bits per heavy atom. The molecule has 0 unspecified atom stereocenters. The molecule has 0 saturated carbocycles. The number of aryl methyl sites for hydroxylation is 1. The van der Waals surface area contributed by atoms with Gasteiger partial charge in [0, 0.05) is 6.42 Å². The van der Waals surface area contributed by atoms with Crippen LogP contribution in [0.2, 0.25) is 0 Å². The molecule has 2 aromatic rings. The van der Waals surface area contributed by atoms with Crippen LogP contribution in [0.15, 0.2) is 18.2 Å². The topological polar surface area (TPSA) is 71.1 Å². The Balaban J connectivity index is 1.77. The van der Waals surface area contributed by atoms with E-state index >= 15 is 0 Å². The molecule has 1 saturated heterocycles. The number of fused-ring (bicyclic) bond motifs is 1. The van der Waals surface area contributed by atoms with Crippen LogP contribution in [-0.2, 0) is 9.59 Å². The van der Waals surface area contributed by atoms with Crippen LogP contribution in [0, 0.1) is 6.92 Å². The first kappa shape index (κ1) is 12.1. The fourth-order valence-corrected chi connectivity index (χ4v) is 3.06. The summed E-state index contributed by atoms with van der Waals surface area (Å²) in [6.07, 6.45) is 0.964. The second kappa shape index (κ2) is 4.62. The maximum atomic E-state index is 11.9. The average molecular weight is 275 g/mol. The highest BCUT2D eigenvalue weighted by atomic mass is 32.1. The number of benzene rings is 1. The minimum absolute atomic E-state index is 0.0694. The lowest BCUT2D eigenvalue weighted by molar-refractivity contribution is -0.122. The Morgan fingerprint density at radius 1 is 1.53 bits per heavy atom. The number of aromatic nitrogens is 1. The number of rotatable bonds is 2. The largest absolute Gasteiger partial charge is 0.344 e. The minimum Gasteiger partial charge on any atom is -0.344 e. The summed E-state index contributed by atoms with van der Waals surface area (Å²) >= 11 is 1.44. The molecule has 0 aliphatic carbocycles. The molecule has 2 heterocycles. The molecule has 1 aliphatic rings. The highest BCUT2D eigenvalue weighted by Gasteiger charge is 2.27. The van der Waals surface area contributed by atoms with Crippen molar-refractivity contribution in [2.24, 2.45) is 0 Å². The van der Waals surface area contributed by atoms with Crippen molar-refractivity contribution >= 4 is 38.5 Å². The first-order valence-electron chi connectivity index (χ1n) is 6.09. The number of anilines is 1. The van der Waals surface area contributed by atoms with Crippen LogP contribution in [0.25, 0.3) is 10.2 Å². The summed E-state index contributed by atoms with van der Waals surface area (Å²) in [4.78, 5) is 27.4. The molecule has 6 heteroatoms. The van der Waals surface area contributed by atoms with Crippen LogP contribution < -0.4 is 10.6 Å². The Labute approximate surface area is 114 Å². The Bertz CT molecular complexity index is 665. The number of carbonyl (C=O) groups excluding carboxylic acids is 2. The third kappa shape index (κ3) is 2.44. The van der Waals surface area contributed by atoms with Gasteiger partial charge in [0.15, 0.2) is 5.13 Å². The van der Waals surface area contributed by atoms with Crippen LogP contribution in [0.1, 0.15) is 18.4 Å². The van der Waals surface area contributed by atoms with E-state index in [-0.39, 0.29) is 11.8 Å². The number of hydrogen-bond acceptors (Lipinski definition) is 4. The highest BCUT2D eigenvalue weighted by molar-refractivity contribution is 7.22. The molecule has 19 heavy (non-hydrogen) atoms. The summed E-state index contributed by atoms with van der Waals surface area (Å²) in [6.45, 7) is 2.02. The van der Waals surface area contributed by atoms with Crippen molar-refractivity contribution in [3.05, 3.63) is 23.8 Å². The molecule has 0 bridgehead atoms. The lowest BCUT2D eigenvalue weighted by Gasteiger charge is -2.08. The molecule has 1 aromatic carbocycles. The van der Waals surface area contributed by atoms with Gasteiger partial charge >= 0.3 is 0 Å². The van der Waals surface area contributed by atoms with E-state index in [1.165, 1.54) is 11.3 Å². The molecule has 98 valence electrons. The summed E-state index contributed by atoms with van der Waals surface area (Å²) in [5.74, 6) is -0.262. The van der Waals surface area contributed by atoms with E-state index in [1.807, 2.05) is 25.1 Å². The van der Waals surface area contributed by atoms with Crippen LogP contribution >= 0.6 is 11.3 Å². The second-order valence-corrected chi connectivity index (χ2v) is 5.67. The zero-order chi connectivity index (χ0) is 13.4. The average Bonchev–Trinajstić information content (AvgIpc) is 2.94. The summed E-state index contributed by atoms with van der Waals surface area (Å²) in [5, 5.41) is 5.99. The lowest BCUT2D eigenvalue weighted by Crippen LogP contribution is -2.37. The van der Waals surface area contributed by atoms with E-state index in [4.69, 9.17) is 0 Å². The van der Waals surface area contributed by atoms with Gasteiger partial charge < -0.3 is 10.6 Å². The van der Waals surface area contributed by atoms with Gasteiger partial charge in [0.2, 0.25) is 11.8 Å². The van der Waals surface area contributed by atoms with Crippen LogP contribution in [0.4, 0.5) is 5.13 Å². The van der Waals surface area contributed by atoms with Gasteiger partial charge in [0.25, 0.3) is 0 Å². The molecule has 3 rings (SSSR count). The molecule has 1 aliphatic heterocycles. The van der Waals surface area contributed by atoms with Gasteiger partial charge in [-0.15, -0.1) is 0 Å². The Kier molecular flexibility index (Phi) is 2.94. The van der Waals surface area contributed by atoms with Crippen LogP contribution in [0.5, 0.6) is 0 Å². The molecule has 1 fully saturated rings. The Morgan fingerprint density at radius 2 is 2.37 bits per heavy atom. The molecule has 2 N–H and O–H groups in total. The predicted octanol–water partition coefficient (Wildman–Crippen LogP) is 1.82. The first-order valence-corrected chi connectivity index (χ1v) is 6.91. The third-order valence-electron chi connectivity index (χ3n) is 3.09. The monoisotopic (exact) mass is 275 g/mol. The van der Waals surface area contributed by atoms with Gasteiger partial charge in [-0.2, -0.15) is 0 Å². The minimum atomic E-state index is -0.429. The highest BCUT2D eigenvalue weighted by Crippen LogP contribution is 2.27. The molecule has 0 radical (unpaired) electrons. The normalized spacial score (nSPS) is 18.6. The molecule has 2 amide bonds. The summed E-state index contributed by atoms with van der Waals surface area (Å²) in [6, 6.07) is 5.54. The summed E-state index contributed by atoms with van der Waals surface area (Å²) in [5.41, 5.74) is 2.04. The van der Waals surface area contributed by atoms with Crippen LogP contribution in [0.3, 0.4) is 0 Å². The van der Waals surface area contributed by atoms with Gasteiger partial charge in [-0.05, 0) is 31.0 Å². The number of nitrogens with one attached hydrogen (secondary N) is 2. The standard InChI is InChI=1S/C13H13N3O2S/c1-7-2-3-8-10(6-7)19-13(15-8)16-12(18)9-4-5-11(17)14-9/h2-3,6,9H,4-5H2,1H3,(H,14,17)(H,15,16,18)/t9-/m1/s1. The van der Waals surface area contributed by atoms with Crippen LogP contribution in [-0.4, -0.2) is 22.8 Å². The van der Waals surface area contributed by atoms with Crippen molar-refractivity contribution < 1.29 is 9.59 Å². The zero-order valence-electron chi connectivity index (χ0n) is 10.4. The fraction of sp³-hybridized carbons (Fsp3) is 0.308. The molecule has 1 atom stereocenters. The smallest absolute Gasteiger partial charge is 0.248 e. The number of nitrogens with zero attached hydrogens (tertiary/aromatic N) is 1. The number of thiazole rings is 1. The van der Waals surface area contributed by atoms with Crippen molar-refractivity contribution in [1.29, 1.82) is 0 Å². The first-order chi connectivity index (χ1) is 9.11. The van der Waals surface area contributed by atoms with E-state index in [2.05, 4.69) is 15.6 Å². The Hall–Kier alpha value is -1.95. The quantitative estimate of drug-likeness (QED) is 0.878. The summed E-state index contributed by atoms with van der Waals surface area (Å²) in [7, 11) is 0. The van der Waals surface area contributed by atoms with E-state index in [0.717, 1.165) is 15.8 Å². The number of amides is 2. The SMILES string of the molecule is Cc1ccc2nc(NC(=O)[C@H]3CCC(=O)N3)sc2c1. The van der Waals surface area contributed by atoms with Gasteiger partial charge in [0.05, 0.1) is 10.2 Å². The van der Waals surface area contributed by atoms with Gasteiger partial charge in [-0.3, -0.25) is 9.59 Å². The van der Waals surface area contributed by atoms with Crippen molar-refractivity contribution in [2.75, 3.05) is 5.32 Å². The maximum absolute atomic E-state index is 11.9. The molecule has 1 aromatic heterocycles. The zero-order valence-corrected chi connectivity index (χ0v) is 11.2. The number of hydrogen-bond donors (Lipinski definition) is 2. The van der Waals surface area contributed by atoms with Crippen molar-refractivity contribution in [3.63, 3.8) is 0 Å². The van der Waals surface area contributed by atoms with Crippen molar-refractivity contribution in [2.45, 2.75) is 25.8 Å². The summed E-state index contributed by atoms with van der Waals surface area (Å²) < 4.78 is 1.05. The molecular formula is C13H13N3O2S. The van der Waals surface area contributed by atoms with Gasteiger partial charge in [-0.1, -0.05) is 17.4 Å². The fourth-order valence-electron chi connectivity index (χ4n) is 2.09. The van der Waals surface area contributed by atoms with E-state index in [1.54, 1.807) is 0 Å². The lowest BCUT2D eigenvalue weighted by atomic mass is 10.2. The van der Waals surface area contributed by atoms with Gasteiger partial charge in [-0.25, -0.2) is 4.98 Å². The molecule has 0 spiro atoms. The number of carbonyl (C=O) groups is 2. The second-order valence-electron chi connectivity index (χ2n) is 4.64. The maximum Gasteiger partial charge on any atom is 0.248 e.